The van der Waals surface area contributed by atoms with Gasteiger partial charge in [-0.1, -0.05) is 12.1 Å². The van der Waals surface area contributed by atoms with Crippen LogP contribution in [0.3, 0.4) is 0 Å². The lowest BCUT2D eigenvalue weighted by molar-refractivity contribution is -0.184. The normalized spacial score (nSPS) is 26.0. The quantitative estimate of drug-likeness (QED) is 0.913. The van der Waals surface area contributed by atoms with E-state index >= 15 is 0 Å². The Morgan fingerprint density at radius 1 is 1.38 bits per heavy atom. The Hall–Kier alpha value is -1.90. The zero-order valence-corrected chi connectivity index (χ0v) is 11.7. The summed E-state index contributed by atoms with van der Waals surface area (Å²) in [7, 11) is 1.49. The maximum Gasteiger partial charge on any atom is 0.391 e. The molecule has 6 heteroatoms. The Bertz CT molecular complexity index is 538. The van der Waals surface area contributed by atoms with E-state index in [0.717, 1.165) is 0 Å². The molecular weight excluding hydrogens is 281 g/mol. The number of nitrogens with zero attached hydrogens (tertiary/aromatic N) is 1. The number of benzene rings is 1. The predicted molar refractivity (Wildman–Crippen MR) is 73.0 cm³/mol. The minimum absolute atomic E-state index is 0.0839. The van der Waals surface area contributed by atoms with Gasteiger partial charge in [-0.3, -0.25) is 0 Å². The van der Waals surface area contributed by atoms with Gasteiger partial charge in [-0.2, -0.15) is 18.4 Å². The highest BCUT2D eigenvalue weighted by Gasteiger charge is 2.48. The fraction of sp³-hybridized carbons (Fsp3) is 0.533. The summed E-state index contributed by atoms with van der Waals surface area (Å²) in [6.07, 6.45) is -3.63. The second-order valence-corrected chi connectivity index (χ2v) is 5.35. The lowest BCUT2D eigenvalue weighted by atomic mass is 9.76. The van der Waals surface area contributed by atoms with Crippen molar-refractivity contribution >= 4 is 5.69 Å². The van der Waals surface area contributed by atoms with Crippen LogP contribution in [0.25, 0.3) is 0 Å². The lowest BCUT2D eigenvalue weighted by Gasteiger charge is -2.38. The molecule has 1 N–H and O–H groups in total. The minimum Gasteiger partial charge on any atom is -0.495 e. The van der Waals surface area contributed by atoms with E-state index in [-0.39, 0.29) is 12.8 Å². The number of hydrogen-bond acceptors (Lipinski definition) is 3. The van der Waals surface area contributed by atoms with E-state index in [1.54, 1.807) is 24.3 Å². The molecule has 0 radical (unpaired) electrons. The molecule has 0 saturated heterocycles. The van der Waals surface area contributed by atoms with Gasteiger partial charge in [0.2, 0.25) is 0 Å². The Morgan fingerprint density at radius 3 is 2.71 bits per heavy atom. The summed E-state index contributed by atoms with van der Waals surface area (Å²) in [4.78, 5) is 0. The molecule has 2 atom stereocenters. The summed E-state index contributed by atoms with van der Waals surface area (Å²) < 4.78 is 44.0. The number of hydrogen-bond donors (Lipinski definition) is 1. The maximum absolute atomic E-state index is 12.9. The SMILES string of the molecule is COc1ccccc1NC1(C#N)CCCC(C(F)(F)F)C1. The van der Waals surface area contributed by atoms with Crippen molar-refractivity contribution in [3.8, 4) is 11.8 Å². The first-order chi connectivity index (χ1) is 9.90. The second-order valence-electron chi connectivity index (χ2n) is 5.35. The van der Waals surface area contributed by atoms with Crippen LogP contribution in [0.15, 0.2) is 24.3 Å². The first kappa shape index (κ1) is 15.5. The summed E-state index contributed by atoms with van der Waals surface area (Å²) >= 11 is 0. The van der Waals surface area contributed by atoms with Crippen molar-refractivity contribution < 1.29 is 17.9 Å². The molecule has 0 aliphatic heterocycles. The molecule has 0 aromatic heterocycles. The fourth-order valence-corrected chi connectivity index (χ4v) is 2.80. The highest BCUT2D eigenvalue weighted by Crippen LogP contribution is 2.43. The van der Waals surface area contributed by atoms with E-state index in [4.69, 9.17) is 4.74 Å². The first-order valence-electron chi connectivity index (χ1n) is 6.79. The van der Waals surface area contributed by atoms with Crippen LogP contribution in [-0.4, -0.2) is 18.8 Å². The number of para-hydroxylation sites is 2. The number of anilines is 1. The number of nitriles is 1. The van der Waals surface area contributed by atoms with Crippen molar-refractivity contribution in [2.75, 3.05) is 12.4 Å². The van der Waals surface area contributed by atoms with E-state index in [1.165, 1.54) is 7.11 Å². The van der Waals surface area contributed by atoms with Crippen LogP contribution < -0.4 is 10.1 Å². The third-order valence-corrected chi connectivity index (χ3v) is 3.91. The van der Waals surface area contributed by atoms with E-state index in [0.29, 0.717) is 24.3 Å². The average Bonchev–Trinajstić information content (AvgIpc) is 2.47. The van der Waals surface area contributed by atoms with Gasteiger partial charge >= 0.3 is 6.18 Å². The number of rotatable bonds is 3. The molecule has 1 fully saturated rings. The lowest BCUT2D eigenvalue weighted by Crippen LogP contribution is -2.45. The van der Waals surface area contributed by atoms with Gasteiger partial charge < -0.3 is 10.1 Å². The summed E-state index contributed by atoms with van der Waals surface area (Å²) in [5.41, 5.74) is -0.656. The molecule has 3 nitrogen and oxygen atoms in total. The number of methoxy groups -OCH3 is 1. The predicted octanol–water partition coefficient (Wildman–Crippen LogP) is 4.12. The molecule has 1 aliphatic carbocycles. The van der Waals surface area contributed by atoms with Gasteiger partial charge in [0.1, 0.15) is 11.3 Å². The third-order valence-electron chi connectivity index (χ3n) is 3.91. The van der Waals surface area contributed by atoms with Crippen molar-refractivity contribution in [1.29, 1.82) is 5.26 Å². The van der Waals surface area contributed by atoms with Gasteiger partial charge in [0, 0.05) is 0 Å². The van der Waals surface area contributed by atoms with Crippen LogP contribution in [0.5, 0.6) is 5.75 Å². The van der Waals surface area contributed by atoms with Crippen molar-refractivity contribution in [1.82, 2.24) is 0 Å². The number of halogens is 3. The summed E-state index contributed by atoms with van der Waals surface area (Å²) in [6, 6.07) is 8.98. The second kappa shape index (κ2) is 5.84. The van der Waals surface area contributed by atoms with E-state index in [2.05, 4.69) is 11.4 Å². The van der Waals surface area contributed by atoms with Gasteiger partial charge in [0.15, 0.2) is 0 Å². The van der Waals surface area contributed by atoms with E-state index < -0.39 is 17.6 Å². The summed E-state index contributed by atoms with van der Waals surface area (Å²) in [5, 5.41) is 12.4. The monoisotopic (exact) mass is 298 g/mol. The smallest absolute Gasteiger partial charge is 0.391 e. The molecular formula is C15H17F3N2O. The molecule has 0 heterocycles. The molecule has 114 valence electrons. The van der Waals surface area contributed by atoms with Crippen molar-refractivity contribution in [3.05, 3.63) is 24.3 Å². The molecule has 21 heavy (non-hydrogen) atoms. The minimum atomic E-state index is -4.26. The van der Waals surface area contributed by atoms with Gasteiger partial charge in [-0.25, -0.2) is 0 Å². The number of alkyl halides is 3. The van der Waals surface area contributed by atoms with Gasteiger partial charge in [-0.15, -0.1) is 0 Å². The van der Waals surface area contributed by atoms with Crippen LogP contribution in [0.2, 0.25) is 0 Å². The summed E-state index contributed by atoms with van der Waals surface area (Å²) in [5.74, 6) is -0.922. The topological polar surface area (TPSA) is 45.0 Å². The van der Waals surface area contributed by atoms with E-state index in [1.807, 2.05) is 0 Å². The number of ether oxygens (including phenoxy) is 1. The molecule has 1 aromatic carbocycles. The Labute approximate surface area is 121 Å². The Balaban J connectivity index is 2.24. The van der Waals surface area contributed by atoms with Gasteiger partial charge in [0.25, 0.3) is 0 Å². The molecule has 0 bridgehead atoms. The first-order valence-corrected chi connectivity index (χ1v) is 6.79. The highest BCUT2D eigenvalue weighted by atomic mass is 19.4. The van der Waals surface area contributed by atoms with Crippen molar-refractivity contribution in [2.24, 2.45) is 5.92 Å². The fourth-order valence-electron chi connectivity index (χ4n) is 2.80. The van der Waals surface area contributed by atoms with Crippen LogP contribution in [-0.2, 0) is 0 Å². The van der Waals surface area contributed by atoms with Gasteiger partial charge in [0.05, 0.1) is 24.8 Å². The molecule has 0 amide bonds. The van der Waals surface area contributed by atoms with E-state index in [9.17, 15) is 18.4 Å². The molecule has 2 unspecified atom stereocenters. The van der Waals surface area contributed by atoms with Crippen LogP contribution in [0.1, 0.15) is 25.7 Å². The van der Waals surface area contributed by atoms with Crippen LogP contribution in [0.4, 0.5) is 18.9 Å². The maximum atomic E-state index is 12.9. The molecule has 1 saturated carbocycles. The molecule has 0 spiro atoms. The van der Waals surface area contributed by atoms with Crippen molar-refractivity contribution in [3.63, 3.8) is 0 Å². The largest absolute Gasteiger partial charge is 0.495 e. The molecule has 1 aromatic rings. The van der Waals surface area contributed by atoms with Crippen LogP contribution in [0, 0.1) is 17.2 Å². The summed E-state index contributed by atoms with van der Waals surface area (Å²) in [6.45, 7) is 0. The molecule has 2 rings (SSSR count). The zero-order valence-electron chi connectivity index (χ0n) is 11.7. The standard InChI is InChI=1S/C15H17F3N2O/c1-21-13-7-3-2-6-12(13)20-14(10-19)8-4-5-11(9-14)15(16,17)18/h2-3,6-7,11,20H,4-5,8-9H2,1H3. The van der Waals surface area contributed by atoms with Gasteiger partial charge in [-0.05, 0) is 37.8 Å². The highest BCUT2D eigenvalue weighted by molar-refractivity contribution is 5.59. The molecule has 1 aliphatic rings. The Morgan fingerprint density at radius 2 is 2.10 bits per heavy atom. The van der Waals surface area contributed by atoms with Crippen LogP contribution >= 0.6 is 0 Å². The number of nitrogens with one attached hydrogen (secondary N) is 1. The zero-order chi connectivity index (χ0) is 15.5. The average molecular weight is 298 g/mol. The Kier molecular flexibility index (Phi) is 4.31. The van der Waals surface area contributed by atoms with Crippen molar-refractivity contribution in [2.45, 2.75) is 37.4 Å². The third kappa shape index (κ3) is 3.41.